The van der Waals surface area contributed by atoms with Gasteiger partial charge in [0.2, 0.25) is 17.7 Å². The van der Waals surface area contributed by atoms with Crippen LogP contribution in [0.1, 0.15) is 18.1 Å². The molecule has 8 N–H and O–H groups in total. The molecule has 1 heterocycles. The molecule has 3 rings (SSSR count). The van der Waals surface area contributed by atoms with Crippen LogP contribution in [0.4, 0.5) is 0 Å². The topological polar surface area (TPSA) is 187 Å². The number of aromatic amines is 1. The highest BCUT2D eigenvalue weighted by Crippen LogP contribution is 2.18. The largest absolute Gasteiger partial charge is 0.480 e. The second kappa shape index (κ2) is 12.7. The van der Waals surface area contributed by atoms with Crippen molar-refractivity contribution >= 4 is 34.6 Å². The number of benzene rings is 2. The number of nitrogens with one attached hydrogen (secondary N) is 4. The lowest BCUT2D eigenvalue weighted by Crippen LogP contribution is -2.57. The fourth-order valence-corrected chi connectivity index (χ4v) is 3.87. The summed E-state index contributed by atoms with van der Waals surface area (Å²) in [4.78, 5) is 52.2. The lowest BCUT2D eigenvalue weighted by Gasteiger charge is -2.23. The number of amides is 3. The van der Waals surface area contributed by atoms with Gasteiger partial charge in [-0.3, -0.25) is 14.4 Å². The number of aliphatic carboxylic acids is 1. The molecule has 0 aliphatic heterocycles. The van der Waals surface area contributed by atoms with Gasteiger partial charge in [0.15, 0.2) is 0 Å². The number of carbonyl (C=O) groups is 4. The summed E-state index contributed by atoms with van der Waals surface area (Å²) < 4.78 is 0. The van der Waals surface area contributed by atoms with Crippen LogP contribution < -0.4 is 21.7 Å². The third kappa shape index (κ3) is 7.63. The monoisotopic (exact) mass is 509 g/mol. The molecular weight excluding hydrogens is 478 g/mol. The van der Waals surface area contributed by atoms with Gasteiger partial charge in [0.25, 0.3) is 0 Å². The molecule has 11 heteroatoms. The predicted molar refractivity (Wildman–Crippen MR) is 136 cm³/mol. The molecule has 3 amide bonds. The molecule has 0 bridgehead atoms. The van der Waals surface area contributed by atoms with Crippen LogP contribution in [0.2, 0.25) is 0 Å². The lowest BCUT2D eigenvalue weighted by atomic mass is 10.0. The number of nitrogens with two attached hydrogens (primary N) is 1. The van der Waals surface area contributed by atoms with E-state index in [0.29, 0.717) is 0 Å². The Kier molecular flexibility index (Phi) is 9.36. The van der Waals surface area contributed by atoms with Crippen molar-refractivity contribution in [2.24, 2.45) is 5.73 Å². The lowest BCUT2D eigenvalue weighted by molar-refractivity contribution is -0.141. The van der Waals surface area contributed by atoms with E-state index >= 15 is 0 Å². The SMILES string of the molecule is CC(O)C(NC(=O)C(N)Cc1c[nH]c2ccccc12)C(=O)NCC(=O)NC(Cc1ccccc1)C(=O)O. The van der Waals surface area contributed by atoms with Crippen LogP contribution in [0, 0.1) is 0 Å². The number of carboxylic acid groups (broad SMARTS) is 1. The van der Waals surface area contributed by atoms with Gasteiger partial charge in [0, 0.05) is 23.5 Å². The maximum Gasteiger partial charge on any atom is 0.326 e. The summed E-state index contributed by atoms with van der Waals surface area (Å²) in [7, 11) is 0. The number of H-pyrrole nitrogens is 1. The smallest absolute Gasteiger partial charge is 0.326 e. The molecule has 196 valence electrons. The molecule has 1 aromatic heterocycles. The van der Waals surface area contributed by atoms with E-state index in [9.17, 15) is 29.4 Å². The zero-order valence-electron chi connectivity index (χ0n) is 20.3. The van der Waals surface area contributed by atoms with E-state index in [1.54, 1.807) is 36.5 Å². The zero-order chi connectivity index (χ0) is 26.9. The van der Waals surface area contributed by atoms with E-state index in [-0.39, 0.29) is 12.8 Å². The molecule has 0 saturated heterocycles. The van der Waals surface area contributed by atoms with Crippen LogP contribution in [0.25, 0.3) is 10.9 Å². The normalized spacial score (nSPS) is 14.2. The number of para-hydroxylation sites is 1. The van der Waals surface area contributed by atoms with Crippen LogP contribution in [0.5, 0.6) is 0 Å². The van der Waals surface area contributed by atoms with Gasteiger partial charge in [0.05, 0.1) is 18.7 Å². The average molecular weight is 510 g/mol. The Labute approximate surface area is 213 Å². The molecule has 0 fully saturated rings. The average Bonchev–Trinajstić information content (AvgIpc) is 3.28. The van der Waals surface area contributed by atoms with Crippen LogP contribution >= 0.6 is 0 Å². The third-order valence-electron chi connectivity index (χ3n) is 5.85. The van der Waals surface area contributed by atoms with Gasteiger partial charge in [-0.2, -0.15) is 0 Å². The Morgan fingerprint density at radius 1 is 0.946 bits per heavy atom. The van der Waals surface area contributed by atoms with E-state index in [2.05, 4.69) is 20.9 Å². The van der Waals surface area contributed by atoms with Crippen molar-refractivity contribution in [2.45, 2.75) is 44.0 Å². The zero-order valence-corrected chi connectivity index (χ0v) is 20.3. The number of aliphatic hydroxyl groups excluding tert-OH is 1. The van der Waals surface area contributed by atoms with Gasteiger partial charge < -0.3 is 36.9 Å². The first-order valence-corrected chi connectivity index (χ1v) is 11.8. The fourth-order valence-electron chi connectivity index (χ4n) is 3.87. The molecule has 0 radical (unpaired) electrons. The van der Waals surface area contributed by atoms with Crippen molar-refractivity contribution in [3.05, 3.63) is 71.9 Å². The van der Waals surface area contributed by atoms with Crippen LogP contribution in [-0.4, -0.2) is 69.7 Å². The molecule has 11 nitrogen and oxygen atoms in total. The molecule has 3 aromatic rings. The number of aliphatic hydroxyl groups is 1. The van der Waals surface area contributed by atoms with E-state index in [1.807, 2.05) is 24.3 Å². The maximum absolute atomic E-state index is 12.7. The standard InChI is InChI=1S/C26H31N5O6/c1-15(32)23(31-24(34)19(27)12-17-13-28-20-10-6-5-9-18(17)20)25(35)29-14-22(33)30-21(26(36)37)11-16-7-3-2-4-8-16/h2-10,13,15,19,21,23,28,32H,11-12,14,27H2,1H3,(H,29,35)(H,30,33)(H,31,34)(H,36,37). The maximum atomic E-state index is 12.7. The van der Waals surface area contributed by atoms with E-state index in [1.165, 1.54) is 6.92 Å². The van der Waals surface area contributed by atoms with E-state index in [0.717, 1.165) is 22.0 Å². The molecular formula is C26H31N5O6. The van der Waals surface area contributed by atoms with Gasteiger partial charge in [-0.05, 0) is 30.5 Å². The number of fused-ring (bicyclic) bond motifs is 1. The molecule has 0 spiro atoms. The van der Waals surface area contributed by atoms with Gasteiger partial charge >= 0.3 is 5.97 Å². The van der Waals surface area contributed by atoms with Crippen molar-refractivity contribution in [1.82, 2.24) is 20.9 Å². The minimum atomic E-state index is -1.37. The van der Waals surface area contributed by atoms with Crippen molar-refractivity contribution < 1.29 is 29.4 Å². The summed E-state index contributed by atoms with van der Waals surface area (Å²) in [5.41, 5.74) is 8.51. The number of carbonyl (C=O) groups excluding carboxylic acids is 3. The number of hydrogen-bond acceptors (Lipinski definition) is 6. The molecule has 2 aromatic carbocycles. The van der Waals surface area contributed by atoms with Gasteiger partial charge in [0.1, 0.15) is 12.1 Å². The fraction of sp³-hybridized carbons (Fsp3) is 0.308. The van der Waals surface area contributed by atoms with Crippen LogP contribution in [0.15, 0.2) is 60.8 Å². The first-order chi connectivity index (χ1) is 17.7. The molecule has 0 aliphatic rings. The molecule has 37 heavy (non-hydrogen) atoms. The molecule has 4 unspecified atom stereocenters. The second-order valence-electron chi connectivity index (χ2n) is 8.76. The number of carboxylic acids is 1. The van der Waals surface area contributed by atoms with Crippen LogP contribution in [-0.2, 0) is 32.0 Å². The summed E-state index contributed by atoms with van der Waals surface area (Å²) >= 11 is 0. The molecule has 4 atom stereocenters. The highest BCUT2D eigenvalue weighted by Gasteiger charge is 2.29. The number of hydrogen-bond donors (Lipinski definition) is 7. The van der Waals surface area contributed by atoms with E-state index in [4.69, 9.17) is 5.73 Å². The second-order valence-corrected chi connectivity index (χ2v) is 8.76. The number of rotatable bonds is 12. The first-order valence-electron chi connectivity index (χ1n) is 11.8. The van der Waals surface area contributed by atoms with E-state index < -0.39 is 54.5 Å². The number of aromatic nitrogens is 1. The Balaban J connectivity index is 1.53. The van der Waals surface area contributed by atoms with Crippen LogP contribution in [0.3, 0.4) is 0 Å². The molecule has 0 saturated carbocycles. The summed E-state index contributed by atoms with van der Waals surface area (Å²) in [6.07, 6.45) is 0.746. The highest BCUT2D eigenvalue weighted by atomic mass is 16.4. The minimum absolute atomic E-state index is 0.0660. The van der Waals surface area contributed by atoms with Crippen molar-refractivity contribution in [3.8, 4) is 0 Å². The van der Waals surface area contributed by atoms with Gasteiger partial charge in [-0.25, -0.2) is 4.79 Å². The van der Waals surface area contributed by atoms with Crippen molar-refractivity contribution in [1.29, 1.82) is 0 Å². The summed E-state index contributed by atoms with van der Waals surface area (Å²) in [5, 5.41) is 27.5. The summed E-state index contributed by atoms with van der Waals surface area (Å²) in [6.45, 7) is 0.772. The van der Waals surface area contributed by atoms with Crippen molar-refractivity contribution in [3.63, 3.8) is 0 Å². The van der Waals surface area contributed by atoms with Gasteiger partial charge in [-0.15, -0.1) is 0 Å². The minimum Gasteiger partial charge on any atom is -0.480 e. The predicted octanol–water partition coefficient (Wildman–Crippen LogP) is -0.168. The Morgan fingerprint density at radius 2 is 1.62 bits per heavy atom. The van der Waals surface area contributed by atoms with Crippen molar-refractivity contribution in [2.75, 3.05) is 6.54 Å². The summed E-state index contributed by atoms with van der Waals surface area (Å²) in [5.74, 6) is -3.41. The summed E-state index contributed by atoms with van der Waals surface area (Å²) in [6, 6.07) is 12.8. The third-order valence-corrected chi connectivity index (χ3v) is 5.85. The Hall–Kier alpha value is -4.22. The first kappa shape index (κ1) is 27.4. The Bertz CT molecular complexity index is 1240. The Morgan fingerprint density at radius 3 is 2.30 bits per heavy atom. The highest BCUT2D eigenvalue weighted by molar-refractivity contribution is 5.93. The van der Waals surface area contributed by atoms with Gasteiger partial charge in [-0.1, -0.05) is 48.5 Å². The molecule has 0 aliphatic carbocycles. The quantitative estimate of drug-likeness (QED) is 0.177.